The van der Waals surface area contributed by atoms with Gasteiger partial charge in [-0.15, -0.1) is 12.4 Å². The van der Waals surface area contributed by atoms with E-state index in [2.05, 4.69) is 24.5 Å². The van der Waals surface area contributed by atoms with Gasteiger partial charge in [0.1, 0.15) is 0 Å². The molecular formula is C16H24Cl2N2O. The third kappa shape index (κ3) is 4.87. The van der Waals surface area contributed by atoms with Gasteiger partial charge in [0.2, 0.25) is 5.91 Å². The first-order valence-electron chi connectivity index (χ1n) is 7.24. The van der Waals surface area contributed by atoms with Crippen molar-refractivity contribution in [3.63, 3.8) is 0 Å². The van der Waals surface area contributed by atoms with Crippen molar-refractivity contribution in [3.05, 3.63) is 34.9 Å². The number of benzene rings is 1. The van der Waals surface area contributed by atoms with E-state index in [0.29, 0.717) is 6.54 Å². The summed E-state index contributed by atoms with van der Waals surface area (Å²) in [5, 5.41) is 7.11. The van der Waals surface area contributed by atoms with Gasteiger partial charge >= 0.3 is 0 Å². The summed E-state index contributed by atoms with van der Waals surface area (Å²) in [5.41, 5.74) is 0.902. The Kier molecular flexibility index (Phi) is 6.98. The normalized spacial score (nSPS) is 18.7. The standard InChI is InChI=1S/C16H23ClN2O.ClH/c1-16(2,13-7-3-4-8-14(13)17)11-19-15(20)12-6-5-9-18-10-12;/h3-4,7-8,12,18H,5-6,9-11H2,1-2H3,(H,19,20);1H. The number of rotatable bonds is 4. The summed E-state index contributed by atoms with van der Waals surface area (Å²) < 4.78 is 0. The predicted octanol–water partition coefficient (Wildman–Crippen LogP) is 3.16. The number of carbonyl (C=O) groups excluding carboxylic acids is 1. The van der Waals surface area contributed by atoms with Crippen LogP contribution in [0.15, 0.2) is 24.3 Å². The Morgan fingerprint density at radius 1 is 1.43 bits per heavy atom. The van der Waals surface area contributed by atoms with Crippen LogP contribution in [-0.2, 0) is 10.2 Å². The zero-order chi connectivity index (χ0) is 14.6. The summed E-state index contributed by atoms with van der Waals surface area (Å²) in [6.07, 6.45) is 2.05. The van der Waals surface area contributed by atoms with Crippen LogP contribution in [0.4, 0.5) is 0 Å². The van der Waals surface area contributed by atoms with Crippen molar-refractivity contribution < 1.29 is 4.79 Å². The minimum absolute atomic E-state index is 0. The fourth-order valence-electron chi connectivity index (χ4n) is 2.63. The topological polar surface area (TPSA) is 41.1 Å². The molecule has 0 bridgehead atoms. The van der Waals surface area contributed by atoms with E-state index in [1.807, 2.05) is 24.3 Å². The quantitative estimate of drug-likeness (QED) is 0.890. The average Bonchev–Trinajstić information content (AvgIpc) is 2.46. The maximum atomic E-state index is 12.2. The van der Waals surface area contributed by atoms with E-state index in [1.54, 1.807) is 0 Å². The van der Waals surface area contributed by atoms with Crippen molar-refractivity contribution in [2.45, 2.75) is 32.1 Å². The molecule has 5 heteroatoms. The summed E-state index contributed by atoms with van der Waals surface area (Å²) in [7, 11) is 0. The second-order valence-corrected chi connectivity index (χ2v) is 6.53. The number of carbonyl (C=O) groups is 1. The SMILES string of the molecule is CC(C)(CNC(=O)C1CCCNC1)c1ccccc1Cl.Cl. The third-order valence-corrected chi connectivity index (χ3v) is 4.30. The van der Waals surface area contributed by atoms with Gasteiger partial charge < -0.3 is 10.6 Å². The van der Waals surface area contributed by atoms with Crippen LogP contribution in [0.3, 0.4) is 0 Å². The molecule has 1 aromatic carbocycles. The Balaban J connectivity index is 0.00000220. The highest BCUT2D eigenvalue weighted by Crippen LogP contribution is 2.29. The van der Waals surface area contributed by atoms with Crippen LogP contribution >= 0.6 is 24.0 Å². The smallest absolute Gasteiger partial charge is 0.224 e. The number of nitrogens with one attached hydrogen (secondary N) is 2. The summed E-state index contributed by atoms with van der Waals surface area (Å²) in [4.78, 5) is 12.2. The predicted molar refractivity (Wildman–Crippen MR) is 90.3 cm³/mol. The lowest BCUT2D eigenvalue weighted by Gasteiger charge is -2.29. The molecule has 21 heavy (non-hydrogen) atoms. The van der Waals surface area contributed by atoms with Crippen molar-refractivity contribution in [3.8, 4) is 0 Å². The molecule has 1 amide bonds. The molecule has 1 heterocycles. The van der Waals surface area contributed by atoms with E-state index in [1.165, 1.54) is 0 Å². The van der Waals surface area contributed by atoms with Crippen LogP contribution in [0.5, 0.6) is 0 Å². The maximum absolute atomic E-state index is 12.2. The Bertz CT molecular complexity index is 471. The van der Waals surface area contributed by atoms with Crippen LogP contribution in [-0.4, -0.2) is 25.5 Å². The van der Waals surface area contributed by atoms with Crippen molar-refractivity contribution in [1.29, 1.82) is 0 Å². The number of hydrogen-bond acceptors (Lipinski definition) is 2. The molecule has 2 rings (SSSR count). The number of halogens is 2. The second-order valence-electron chi connectivity index (χ2n) is 6.12. The fraction of sp³-hybridized carbons (Fsp3) is 0.562. The van der Waals surface area contributed by atoms with Crippen LogP contribution < -0.4 is 10.6 Å². The highest BCUT2D eigenvalue weighted by atomic mass is 35.5. The van der Waals surface area contributed by atoms with Gasteiger partial charge in [0, 0.05) is 23.5 Å². The van der Waals surface area contributed by atoms with Crippen LogP contribution in [0, 0.1) is 5.92 Å². The lowest BCUT2D eigenvalue weighted by Crippen LogP contribution is -2.44. The second kappa shape index (κ2) is 8.02. The van der Waals surface area contributed by atoms with Gasteiger partial charge in [-0.05, 0) is 31.0 Å². The van der Waals surface area contributed by atoms with Gasteiger partial charge in [-0.1, -0.05) is 43.6 Å². The minimum atomic E-state index is -0.171. The number of piperidine rings is 1. The van der Waals surface area contributed by atoms with Gasteiger partial charge in [0.25, 0.3) is 0 Å². The Labute approximate surface area is 138 Å². The summed E-state index contributed by atoms with van der Waals surface area (Å²) >= 11 is 6.25. The number of amides is 1. The molecular weight excluding hydrogens is 307 g/mol. The molecule has 1 fully saturated rings. The first kappa shape index (κ1) is 18.3. The minimum Gasteiger partial charge on any atom is -0.355 e. The lowest BCUT2D eigenvalue weighted by atomic mass is 9.84. The zero-order valence-corrected chi connectivity index (χ0v) is 14.2. The van der Waals surface area contributed by atoms with Crippen molar-refractivity contribution in [1.82, 2.24) is 10.6 Å². The molecule has 0 spiro atoms. The summed E-state index contributed by atoms with van der Waals surface area (Å²) in [5.74, 6) is 0.253. The zero-order valence-electron chi connectivity index (χ0n) is 12.6. The average molecular weight is 331 g/mol. The maximum Gasteiger partial charge on any atom is 0.224 e. The molecule has 1 aliphatic heterocycles. The summed E-state index contributed by atoms with van der Waals surface area (Å²) in [6.45, 7) is 6.63. The van der Waals surface area contributed by atoms with E-state index in [9.17, 15) is 4.79 Å². The number of hydrogen-bond donors (Lipinski definition) is 2. The Morgan fingerprint density at radius 3 is 2.76 bits per heavy atom. The van der Waals surface area contributed by atoms with Gasteiger partial charge in [-0.2, -0.15) is 0 Å². The largest absolute Gasteiger partial charge is 0.355 e. The Hall–Kier alpha value is -0.770. The molecule has 0 radical (unpaired) electrons. The Morgan fingerprint density at radius 2 is 2.14 bits per heavy atom. The van der Waals surface area contributed by atoms with E-state index in [0.717, 1.165) is 36.5 Å². The van der Waals surface area contributed by atoms with E-state index in [4.69, 9.17) is 11.6 Å². The van der Waals surface area contributed by atoms with Crippen molar-refractivity contribution in [2.75, 3.05) is 19.6 Å². The van der Waals surface area contributed by atoms with Gasteiger partial charge in [0.05, 0.1) is 5.92 Å². The molecule has 1 aliphatic rings. The van der Waals surface area contributed by atoms with E-state index in [-0.39, 0.29) is 29.6 Å². The van der Waals surface area contributed by atoms with Crippen LogP contribution in [0.1, 0.15) is 32.3 Å². The van der Waals surface area contributed by atoms with Gasteiger partial charge in [-0.25, -0.2) is 0 Å². The van der Waals surface area contributed by atoms with Gasteiger partial charge in [-0.3, -0.25) is 4.79 Å². The molecule has 1 saturated heterocycles. The molecule has 0 saturated carbocycles. The molecule has 1 atom stereocenters. The van der Waals surface area contributed by atoms with Gasteiger partial charge in [0.15, 0.2) is 0 Å². The first-order chi connectivity index (χ1) is 9.50. The fourth-order valence-corrected chi connectivity index (χ4v) is 3.02. The lowest BCUT2D eigenvalue weighted by molar-refractivity contribution is -0.125. The van der Waals surface area contributed by atoms with Crippen LogP contribution in [0.2, 0.25) is 5.02 Å². The molecule has 0 aromatic heterocycles. The van der Waals surface area contributed by atoms with Crippen molar-refractivity contribution in [2.24, 2.45) is 5.92 Å². The molecule has 0 aliphatic carbocycles. The van der Waals surface area contributed by atoms with E-state index < -0.39 is 0 Å². The monoisotopic (exact) mass is 330 g/mol. The van der Waals surface area contributed by atoms with E-state index >= 15 is 0 Å². The highest BCUT2D eigenvalue weighted by Gasteiger charge is 2.26. The third-order valence-electron chi connectivity index (χ3n) is 3.98. The molecule has 1 aromatic rings. The molecule has 1 unspecified atom stereocenters. The molecule has 3 nitrogen and oxygen atoms in total. The van der Waals surface area contributed by atoms with Crippen LogP contribution in [0.25, 0.3) is 0 Å². The molecule has 118 valence electrons. The highest BCUT2D eigenvalue weighted by molar-refractivity contribution is 6.31. The van der Waals surface area contributed by atoms with Crippen molar-refractivity contribution >= 4 is 29.9 Å². The first-order valence-corrected chi connectivity index (χ1v) is 7.62. The summed E-state index contributed by atoms with van der Waals surface area (Å²) in [6, 6.07) is 7.83. The molecule has 2 N–H and O–H groups in total.